The van der Waals surface area contributed by atoms with E-state index in [1.165, 1.54) is 0 Å². The van der Waals surface area contributed by atoms with Crippen molar-refractivity contribution < 1.29 is 22.2 Å². The van der Waals surface area contributed by atoms with Gasteiger partial charge in [0.05, 0.1) is 26.8 Å². The van der Waals surface area contributed by atoms with Crippen LogP contribution in [0.5, 0.6) is 0 Å². The molecule has 1 rings (SSSR count). The van der Waals surface area contributed by atoms with Gasteiger partial charge in [0, 0.05) is 0 Å². The summed E-state index contributed by atoms with van der Waals surface area (Å²) in [6.45, 7) is 3.43. The van der Waals surface area contributed by atoms with Crippen molar-refractivity contribution in [3.63, 3.8) is 0 Å². The van der Waals surface area contributed by atoms with Gasteiger partial charge in [0.1, 0.15) is 18.8 Å². The molecule has 78 valence electrons. The van der Waals surface area contributed by atoms with E-state index in [4.69, 9.17) is 9.29 Å². The fourth-order valence-corrected chi connectivity index (χ4v) is 2.01. The summed E-state index contributed by atoms with van der Waals surface area (Å²) in [6.07, 6.45) is 0. The molecule has 1 aliphatic rings. The van der Waals surface area contributed by atoms with Gasteiger partial charge in [-0.05, 0) is 0 Å². The van der Waals surface area contributed by atoms with Gasteiger partial charge in [-0.2, -0.15) is 8.42 Å². The highest BCUT2D eigenvalue weighted by Gasteiger charge is 2.26. The van der Waals surface area contributed by atoms with Gasteiger partial charge < -0.3 is 9.22 Å². The lowest BCUT2D eigenvalue weighted by Crippen LogP contribution is -2.53. The molecule has 5 nitrogen and oxygen atoms in total. The number of nitrogens with zero attached hydrogens (tertiary/aromatic N) is 1. The van der Waals surface area contributed by atoms with Crippen molar-refractivity contribution in [2.75, 3.05) is 45.6 Å². The molecule has 1 heterocycles. The summed E-state index contributed by atoms with van der Waals surface area (Å²) in [5.41, 5.74) is 0. The molecule has 0 aromatic heterocycles. The highest BCUT2D eigenvalue weighted by atomic mass is 32.2. The van der Waals surface area contributed by atoms with Crippen LogP contribution in [-0.2, 0) is 14.9 Å². The van der Waals surface area contributed by atoms with Gasteiger partial charge in [-0.25, -0.2) is 0 Å². The van der Waals surface area contributed by atoms with Crippen LogP contribution in [-0.4, -0.2) is 63.1 Å². The number of morpholine rings is 1. The highest BCUT2D eigenvalue weighted by Crippen LogP contribution is 2.07. The molecule has 6 heteroatoms. The molecule has 1 fully saturated rings. The molecule has 0 aromatic carbocycles. The lowest BCUT2D eigenvalue weighted by molar-refractivity contribution is -0.914. The molecule has 1 N–H and O–H groups in total. The molecule has 1 saturated heterocycles. The van der Waals surface area contributed by atoms with Crippen LogP contribution in [0.2, 0.25) is 0 Å². The van der Waals surface area contributed by atoms with E-state index in [1.807, 2.05) is 7.05 Å². The number of hydrogen-bond acceptors (Lipinski definition) is 3. The van der Waals surface area contributed by atoms with Gasteiger partial charge in [0.25, 0.3) is 10.1 Å². The summed E-state index contributed by atoms with van der Waals surface area (Å²) in [7, 11) is -1.84. The van der Waals surface area contributed by atoms with Crippen LogP contribution in [0.15, 0.2) is 0 Å². The van der Waals surface area contributed by atoms with Crippen LogP contribution < -0.4 is 0 Å². The molecule has 0 bridgehead atoms. The van der Waals surface area contributed by atoms with E-state index >= 15 is 0 Å². The largest absolute Gasteiger partial charge is 0.370 e. The van der Waals surface area contributed by atoms with E-state index in [9.17, 15) is 8.42 Å². The van der Waals surface area contributed by atoms with Crippen molar-refractivity contribution >= 4 is 10.1 Å². The Bertz CT molecular complexity index is 256. The van der Waals surface area contributed by atoms with E-state index in [0.717, 1.165) is 13.1 Å². The quantitative estimate of drug-likeness (QED) is 0.497. The maximum absolute atomic E-state index is 10.5. The summed E-state index contributed by atoms with van der Waals surface area (Å²) >= 11 is 0. The average Bonchev–Trinajstić information content (AvgIpc) is 2.02. The summed E-state index contributed by atoms with van der Waals surface area (Å²) in [6, 6.07) is 0. The molecule has 0 amide bonds. The van der Waals surface area contributed by atoms with E-state index in [2.05, 4.69) is 0 Å². The van der Waals surface area contributed by atoms with Crippen molar-refractivity contribution in [1.82, 2.24) is 0 Å². The summed E-state index contributed by atoms with van der Waals surface area (Å²) in [4.78, 5) is 0. The summed E-state index contributed by atoms with van der Waals surface area (Å²) in [5.74, 6) is -0.163. The normalized spacial score (nSPS) is 22.9. The van der Waals surface area contributed by atoms with Crippen molar-refractivity contribution in [2.24, 2.45) is 0 Å². The SMILES string of the molecule is C[N+]1(CCS(=O)(=O)O)CCOCC1. The number of likely N-dealkylation sites (N-methyl/N-ethyl adjacent to an activating group) is 1. The van der Waals surface area contributed by atoms with Gasteiger partial charge in [-0.15, -0.1) is 0 Å². The number of hydrogen-bond donors (Lipinski definition) is 1. The second-order valence-corrected chi connectivity index (χ2v) is 5.26. The molecule has 0 aromatic rings. The van der Waals surface area contributed by atoms with Crippen LogP contribution in [0, 0.1) is 0 Å². The van der Waals surface area contributed by atoms with Crippen LogP contribution in [0.3, 0.4) is 0 Å². The average molecular weight is 210 g/mol. The van der Waals surface area contributed by atoms with Crippen LogP contribution in [0.25, 0.3) is 0 Å². The highest BCUT2D eigenvalue weighted by molar-refractivity contribution is 7.85. The zero-order chi connectivity index (χ0) is 9.95. The number of rotatable bonds is 3. The first-order chi connectivity index (χ1) is 5.91. The zero-order valence-corrected chi connectivity index (χ0v) is 8.59. The topological polar surface area (TPSA) is 63.6 Å². The third-order valence-corrected chi connectivity index (χ3v) is 3.14. The van der Waals surface area contributed by atoms with Crippen LogP contribution in [0.4, 0.5) is 0 Å². The van der Waals surface area contributed by atoms with Gasteiger partial charge in [0.15, 0.2) is 0 Å². The van der Waals surface area contributed by atoms with Gasteiger partial charge >= 0.3 is 0 Å². The monoisotopic (exact) mass is 210 g/mol. The molecule has 13 heavy (non-hydrogen) atoms. The Kier molecular flexibility index (Phi) is 3.28. The van der Waals surface area contributed by atoms with Gasteiger partial charge in [-0.1, -0.05) is 0 Å². The Balaban J connectivity index is 2.42. The summed E-state index contributed by atoms with van der Waals surface area (Å²) in [5, 5.41) is 0. The molecule has 0 spiro atoms. The second-order valence-electron chi connectivity index (χ2n) is 3.69. The van der Waals surface area contributed by atoms with Gasteiger partial charge in [0.2, 0.25) is 0 Å². The third-order valence-electron chi connectivity index (χ3n) is 2.44. The van der Waals surface area contributed by atoms with E-state index in [-0.39, 0.29) is 5.75 Å². The molecule has 0 aliphatic carbocycles. The fourth-order valence-electron chi connectivity index (χ4n) is 1.34. The Morgan fingerprint density at radius 2 is 1.92 bits per heavy atom. The maximum Gasteiger partial charge on any atom is 0.270 e. The van der Waals surface area contributed by atoms with Crippen LogP contribution >= 0.6 is 0 Å². The molecular formula is C7H16NO4S+. The van der Waals surface area contributed by atoms with E-state index < -0.39 is 10.1 Å². The lowest BCUT2D eigenvalue weighted by atomic mass is 10.3. The molecule has 0 atom stereocenters. The van der Waals surface area contributed by atoms with Gasteiger partial charge in [-0.3, -0.25) is 4.55 Å². The number of quaternary nitrogens is 1. The van der Waals surface area contributed by atoms with Crippen molar-refractivity contribution in [3.8, 4) is 0 Å². The van der Waals surface area contributed by atoms with Crippen molar-refractivity contribution in [2.45, 2.75) is 0 Å². The second kappa shape index (κ2) is 3.91. The van der Waals surface area contributed by atoms with Crippen molar-refractivity contribution in [3.05, 3.63) is 0 Å². The zero-order valence-electron chi connectivity index (χ0n) is 7.77. The molecule has 0 saturated carbocycles. The minimum absolute atomic E-state index is 0.163. The minimum atomic E-state index is -3.82. The minimum Gasteiger partial charge on any atom is -0.370 e. The molecule has 0 radical (unpaired) electrons. The predicted octanol–water partition coefficient (Wildman–Crippen LogP) is -0.649. The van der Waals surface area contributed by atoms with Crippen molar-refractivity contribution in [1.29, 1.82) is 0 Å². The standard InChI is InChI=1S/C7H15NO4S/c1-8(2-5-12-6-3-8)4-7-13(9,10)11/h2-7H2,1H3/p+1. The molecular weight excluding hydrogens is 194 g/mol. The fraction of sp³-hybridized carbons (Fsp3) is 1.00. The van der Waals surface area contributed by atoms with E-state index in [0.29, 0.717) is 24.2 Å². The lowest BCUT2D eigenvalue weighted by Gasteiger charge is -2.37. The smallest absolute Gasteiger partial charge is 0.270 e. The maximum atomic E-state index is 10.5. The molecule has 0 unspecified atom stereocenters. The first kappa shape index (κ1) is 10.9. The molecule has 1 aliphatic heterocycles. The van der Waals surface area contributed by atoms with Crippen LogP contribution in [0.1, 0.15) is 0 Å². The third kappa shape index (κ3) is 4.04. The first-order valence-corrected chi connectivity index (χ1v) is 5.89. The number of ether oxygens (including phenoxy) is 1. The Hall–Kier alpha value is -0.170. The Labute approximate surface area is 78.6 Å². The van der Waals surface area contributed by atoms with E-state index in [1.54, 1.807) is 0 Å². The first-order valence-electron chi connectivity index (χ1n) is 4.28. The Morgan fingerprint density at radius 3 is 2.38 bits per heavy atom. The summed E-state index contributed by atoms with van der Waals surface area (Å²) < 4.78 is 35.5. The Morgan fingerprint density at radius 1 is 1.38 bits per heavy atom. The predicted molar refractivity (Wildman–Crippen MR) is 48.0 cm³/mol.